The number of benzene rings is 1. The Morgan fingerprint density at radius 3 is 2.76 bits per heavy atom. The molecule has 1 aromatic rings. The second kappa shape index (κ2) is 6.05. The molecule has 1 unspecified atom stereocenters. The van der Waals surface area contributed by atoms with E-state index in [1.807, 2.05) is 31.2 Å². The number of hydrogen-bond acceptors (Lipinski definition) is 4. The molecule has 0 saturated heterocycles. The van der Waals surface area contributed by atoms with Crippen LogP contribution in [0.4, 0.5) is 5.69 Å². The van der Waals surface area contributed by atoms with Crippen molar-refractivity contribution in [1.82, 2.24) is 5.43 Å². The molecule has 1 aromatic carbocycles. The van der Waals surface area contributed by atoms with E-state index < -0.39 is 0 Å². The quantitative estimate of drug-likeness (QED) is 0.475. The number of aliphatic imine (C=N–C) groups is 1. The Kier molecular flexibility index (Phi) is 4.18. The number of amides is 1. The maximum absolute atomic E-state index is 11.3. The van der Waals surface area contributed by atoms with Crippen LogP contribution in [0.25, 0.3) is 0 Å². The summed E-state index contributed by atoms with van der Waals surface area (Å²) in [5.41, 5.74) is 10.8. The van der Waals surface area contributed by atoms with E-state index in [4.69, 9.17) is 11.0 Å². The first-order valence-corrected chi connectivity index (χ1v) is 6.45. The predicted octanol–water partition coefficient (Wildman–Crippen LogP) is 0.779. The molecule has 0 spiro atoms. The van der Waals surface area contributed by atoms with Crippen LogP contribution in [0.3, 0.4) is 0 Å². The van der Waals surface area contributed by atoms with E-state index in [1.165, 1.54) is 0 Å². The van der Waals surface area contributed by atoms with Crippen molar-refractivity contribution in [2.45, 2.75) is 13.3 Å². The fourth-order valence-electron chi connectivity index (χ4n) is 2.12. The minimum atomic E-state index is -0.0666. The zero-order valence-corrected chi connectivity index (χ0v) is 11.9. The summed E-state index contributed by atoms with van der Waals surface area (Å²) in [6.45, 7) is 1.97. The standard InChI is InChI=1S/C14H16N6O/c1-9-7-12(21)18-19-13(9)10-3-5-11(6-4-10)20(2)14(16)17-8-15/h3-6,9H,7H2,1-2H3,(H2,16,17)(H,18,21). The van der Waals surface area contributed by atoms with E-state index in [2.05, 4.69) is 15.5 Å². The number of hydrogen-bond donors (Lipinski definition) is 2. The molecule has 1 heterocycles. The Balaban J connectivity index is 2.22. The average molecular weight is 284 g/mol. The van der Waals surface area contributed by atoms with Crippen molar-refractivity contribution < 1.29 is 4.79 Å². The predicted molar refractivity (Wildman–Crippen MR) is 80.5 cm³/mol. The molecule has 7 nitrogen and oxygen atoms in total. The Labute approximate surface area is 122 Å². The lowest BCUT2D eigenvalue weighted by Crippen LogP contribution is -2.34. The molecule has 0 fully saturated rings. The van der Waals surface area contributed by atoms with Crippen molar-refractivity contribution in [2.75, 3.05) is 11.9 Å². The van der Waals surface area contributed by atoms with Crippen LogP contribution in [0.15, 0.2) is 34.4 Å². The van der Waals surface area contributed by atoms with Crippen LogP contribution in [0.5, 0.6) is 0 Å². The van der Waals surface area contributed by atoms with Gasteiger partial charge in [0.25, 0.3) is 0 Å². The van der Waals surface area contributed by atoms with Gasteiger partial charge in [-0.1, -0.05) is 19.1 Å². The first-order valence-electron chi connectivity index (χ1n) is 6.45. The number of hydrazone groups is 1. The average Bonchev–Trinajstić information content (AvgIpc) is 2.47. The summed E-state index contributed by atoms with van der Waals surface area (Å²) in [4.78, 5) is 16.4. The molecule has 0 radical (unpaired) electrons. The van der Waals surface area contributed by atoms with E-state index in [-0.39, 0.29) is 17.8 Å². The van der Waals surface area contributed by atoms with E-state index in [9.17, 15) is 4.79 Å². The lowest BCUT2D eigenvalue weighted by Gasteiger charge is -2.21. The number of carbonyl (C=O) groups is 1. The number of rotatable bonds is 2. The van der Waals surface area contributed by atoms with Crippen molar-refractivity contribution in [3.63, 3.8) is 0 Å². The topological polar surface area (TPSA) is 107 Å². The van der Waals surface area contributed by atoms with Gasteiger partial charge in [0, 0.05) is 25.1 Å². The molecule has 108 valence electrons. The second-order valence-corrected chi connectivity index (χ2v) is 4.81. The minimum absolute atomic E-state index is 0.0666. The van der Waals surface area contributed by atoms with E-state index in [0.717, 1.165) is 17.0 Å². The summed E-state index contributed by atoms with van der Waals surface area (Å²) in [5.74, 6) is 0.136. The van der Waals surface area contributed by atoms with Crippen LogP contribution < -0.4 is 16.1 Å². The molecule has 1 atom stereocenters. The Morgan fingerprint density at radius 1 is 1.52 bits per heavy atom. The third-order valence-electron chi connectivity index (χ3n) is 3.32. The zero-order chi connectivity index (χ0) is 15.4. The molecule has 0 bridgehead atoms. The normalized spacial score (nSPS) is 18.5. The van der Waals surface area contributed by atoms with Gasteiger partial charge >= 0.3 is 0 Å². The molecule has 3 N–H and O–H groups in total. The van der Waals surface area contributed by atoms with Crippen molar-refractivity contribution in [1.29, 1.82) is 5.26 Å². The number of nitrogens with zero attached hydrogens (tertiary/aromatic N) is 4. The molecule has 1 amide bonds. The maximum Gasteiger partial charge on any atom is 0.240 e. The van der Waals surface area contributed by atoms with E-state index in [1.54, 1.807) is 18.1 Å². The summed E-state index contributed by atoms with van der Waals surface area (Å²) in [6.07, 6.45) is 2.09. The first kappa shape index (κ1) is 14.5. The fraction of sp³-hybridized carbons (Fsp3) is 0.286. The molecule has 1 aliphatic heterocycles. The number of nitrogens with one attached hydrogen (secondary N) is 1. The number of anilines is 1. The third-order valence-corrected chi connectivity index (χ3v) is 3.32. The van der Waals surface area contributed by atoms with Crippen LogP contribution in [-0.2, 0) is 4.79 Å². The molecule has 7 heteroatoms. The minimum Gasteiger partial charge on any atom is -0.369 e. The summed E-state index contributed by atoms with van der Waals surface area (Å²) in [6, 6.07) is 7.53. The van der Waals surface area contributed by atoms with Gasteiger partial charge in [-0.15, -0.1) is 4.99 Å². The SMILES string of the molecule is CC1CC(=O)NN=C1c1ccc(N(C)C(N)=NC#N)cc1. The summed E-state index contributed by atoms with van der Waals surface area (Å²) in [5, 5.41) is 12.6. The second-order valence-electron chi connectivity index (χ2n) is 4.81. The summed E-state index contributed by atoms with van der Waals surface area (Å²) >= 11 is 0. The number of nitriles is 1. The van der Waals surface area contributed by atoms with Gasteiger partial charge in [-0.2, -0.15) is 10.4 Å². The highest BCUT2D eigenvalue weighted by Gasteiger charge is 2.21. The Morgan fingerprint density at radius 2 is 2.19 bits per heavy atom. The third kappa shape index (κ3) is 3.17. The van der Waals surface area contributed by atoms with Gasteiger partial charge in [-0.25, -0.2) is 5.43 Å². The Bertz CT molecular complexity index is 640. The number of nitrogens with two attached hydrogens (primary N) is 1. The zero-order valence-electron chi connectivity index (χ0n) is 11.9. The molecule has 0 saturated carbocycles. The van der Waals surface area contributed by atoms with Crippen molar-refractivity contribution >= 4 is 23.3 Å². The molecule has 0 aromatic heterocycles. The van der Waals surface area contributed by atoms with Gasteiger partial charge < -0.3 is 10.6 Å². The highest BCUT2D eigenvalue weighted by molar-refractivity contribution is 6.06. The van der Waals surface area contributed by atoms with Crippen LogP contribution in [0.2, 0.25) is 0 Å². The monoisotopic (exact) mass is 284 g/mol. The molecular weight excluding hydrogens is 268 g/mol. The maximum atomic E-state index is 11.3. The highest BCUT2D eigenvalue weighted by atomic mass is 16.2. The van der Waals surface area contributed by atoms with Crippen LogP contribution in [0, 0.1) is 17.4 Å². The lowest BCUT2D eigenvalue weighted by atomic mass is 9.94. The molecule has 1 aliphatic rings. The number of guanidine groups is 1. The first-order chi connectivity index (χ1) is 10.0. The van der Waals surface area contributed by atoms with Gasteiger partial charge in [0.2, 0.25) is 18.1 Å². The largest absolute Gasteiger partial charge is 0.369 e. The van der Waals surface area contributed by atoms with E-state index in [0.29, 0.717) is 6.42 Å². The summed E-state index contributed by atoms with van der Waals surface area (Å²) in [7, 11) is 1.73. The van der Waals surface area contributed by atoms with Gasteiger partial charge in [-0.05, 0) is 17.7 Å². The highest BCUT2D eigenvalue weighted by Crippen LogP contribution is 2.19. The van der Waals surface area contributed by atoms with Crippen LogP contribution in [0.1, 0.15) is 18.9 Å². The lowest BCUT2D eigenvalue weighted by molar-refractivity contribution is -0.121. The fourth-order valence-corrected chi connectivity index (χ4v) is 2.12. The van der Waals surface area contributed by atoms with Crippen molar-refractivity contribution in [3.05, 3.63) is 29.8 Å². The van der Waals surface area contributed by atoms with Gasteiger partial charge in [0.15, 0.2) is 0 Å². The van der Waals surface area contributed by atoms with Gasteiger partial charge in [0.05, 0.1) is 5.71 Å². The summed E-state index contributed by atoms with van der Waals surface area (Å²) < 4.78 is 0. The Hall–Kier alpha value is -2.88. The molecular formula is C14H16N6O. The van der Waals surface area contributed by atoms with Crippen molar-refractivity contribution in [3.8, 4) is 6.19 Å². The molecule has 0 aliphatic carbocycles. The number of carbonyl (C=O) groups excluding carboxylic acids is 1. The van der Waals surface area contributed by atoms with Crippen molar-refractivity contribution in [2.24, 2.45) is 21.7 Å². The smallest absolute Gasteiger partial charge is 0.240 e. The van der Waals surface area contributed by atoms with Gasteiger partial charge in [0.1, 0.15) is 0 Å². The molecule has 2 rings (SSSR count). The van der Waals surface area contributed by atoms with E-state index >= 15 is 0 Å². The van der Waals surface area contributed by atoms with Crippen LogP contribution >= 0.6 is 0 Å². The van der Waals surface area contributed by atoms with Crippen LogP contribution in [-0.4, -0.2) is 24.6 Å². The molecule has 21 heavy (non-hydrogen) atoms. The van der Waals surface area contributed by atoms with Gasteiger partial charge in [-0.3, -0.25) is 4.79 Å².